The minimum atomic E-state index is -3.69. The van der Waals surface area contributed by atoms with Crippen LogP contribution in [0.1, 0.15) is 19.8 Å². The first-order chi connectivity index (χ1) is 13.8. The van der Waals surface area contributed by atoms with E-state index >= 15 is 0 Å². The summed E-state index contributed by atoms with van der Waals surface area (Å²) in [5.41, 5.74) is 0.973. The molecule has 2 amide bonds. The van der Waals surface area contributed by atoms with Gasteiger partial charge in [0.15, 0.2) is 9.84 Å². The number of carbonyl (C=O) groups is 2. The summed E-state index contributed by atoms with van der Waals surface area (Å²) >= 11 is 1.42. The van der Waals surface area contributed by atoms with E-state index in [0.717, 1.165) is 4.90 Å². The zero-order valence-corrected chi connectivity index (χ0v) is 17.7. The van der Waals surface area contributed by atoms with Crippen molar-refractivity contribution in [2.75, 3.05) is 23.5 Å². The highest BCUT2D eigenvalue weighted by Crippen LogP contribution is 2.38. The predicted molar refractivity (Wildman–Crippen MR) is 113 cm³/mol. The highest BCUT2D eigenvalue weighted by molar-refractivity contribution is 8.01. The third kappa shape index (κ3) is 4.91. The largest absolute Gasteiger partial charge is 0.495 e. The third-order valence-corrected chi connectivity index (χ3v) is 7.63. The van der Waals surface area contributed by atoms with Gasteiger partial charge in [0.05, 0.1) is 34.4 Å². The van der Waals surface area contributed by atoms with E-state index in [1.54, 1.807) is 30.3 Å². The number of methoxy groups -OCH3 is 1. The van der Waals surface area contributed by atoms with Gasteiger partial charge in [-0.05, 0) is 36.8 Å². The topological polar surface area (TPSA) is 102 Å². The second-order valence-corrected chi connectivity index (χ2v) is 9.83. The fraction of sp³-hybridized carbons (Fsp3) is 0.300. The molecule has 0 saturated heterocycles. The second kappa shape index (κ2) is 8.87. The van der Waals surface area contributed by atoms with Crippen molar-refractivity contribution in [3.8, 4) is 5.75 Å². The van der Waals surface area contributed by atoms with Gasteiger partial charge in [-0.15, -0.1) is 11.8 Å². The summed E-state index contributed by atoms with van der Waals surface area (Å²) in [6, 6.07) is 11.6. The Hall–Kier alpha value is -2.52. The van der Waals surface area contributed by atoms with E-state index in [2.05, 4.69) is 10.6 Å². The average molecular weight is 435 g/mol. The van der Waals surface area contributed by atoms with Gasteiger partial charge in [-0.1, -0.05) is 19.1 Å². The number of anilines is 2. The van der Waals surface area contributed by atoms with Crippen LogP contribution in [0.2, 0.25) is 0 Å². The zero-order chi connectivity index (χ0) is 21.0. The van der Waals surface area contributed by atoms with E-state index in [1.807, 2.05) is 6.92 Å². The maximum Gasteiger partial charge on any atom is 0.237 e. The number of ether oxygens (including phenoxy) is 1. The maximum atomic E-state index is 12.7. The normalized spacial score (nSPS) is 15.9. The predicted octanol–water partition coefficient (Wildman–Crippen LogP) is 3.32. The highest BCUT2D eigenvalue weighted by atomic mass is 32.2. The Bertz CT molecular complexity index is 1040. The van der Waals surface area contributed by atoms with Crippen molar-refractivity contribution < 1.29 is 22.7 Å². The first-order valence-electron chi connectivity index (χ1n) is 9.11. The molecule has 0 fully saturated rings. The van der Waals surface area contributed by atoms with Crippen LogP contribution in [-0.4, -0.2) is 38.3 Å². The van der Waals surface area contributed by atoms with Crippen LogP contribution in [0.25, 0.3) is 0 Å². The highest BCUT2D eigenvalue weighted by Gasteiger charge is 2.27. The molecule has 2 aromatic carbocycles. The van der Waals surface area contributed by atoms with Crippen LogP contribution >= 0.6 is 11.8 Å². The number of sulfone groups is 1. The minimum absolute atomic E-state index is 0.0807. The second-order valence-electron chi connectivity index (χ2n) is 6.48. The van der Waals surface area contributed by atoms with Gasteiger partial charge in [-0.2, -0.15) is 0 Å². The van der Waals surface area contributed by atoms with Crippen molar-refractivity contribution in [1.82, 2.24) is 0 Å². The number of nitrogens with one attached hydrogen (secondary N) is 2. The molecule has 0 aromatic heterocycles. The van der Waals surface area contributed by atoms with Crippen molar-refractivity contribution in [2.45, 2.75) is 34.8 Å². The quantitative estimate of drug-likeness (QED) is 0.693. The van der Waals surface area contributed by atoms with E-state index in [9.17, 15) is 18.0 Å². The Morgan fingerprint density at radius 3 is 2.72 bits per heavy atom. The van der Waals surface area contributed by atoms with Gasteiger partial charge >= 0.3 is 0 Å². The summed E-state index contributed by atoms with van der Waals surface area (Å²) in [7, 11) is -2.19. The van der Waals surface area contributed by atoms with Crippen LogP contribution in [0.4, 0.5) is 11.4 Å². The Morgan fingerprint density at radius 1 is 1.24 bits per heavy atom. The van der Waals surface area contributed by atoms with Crippen LogP contribution in [0.5, 0.6) is 5.75 Å². The monoisotopic (exact) mass is 434 g/mol. The van der Waals surface area contributed by atoms with Gasteiger partial charge in [0.25, 0.3) is 0 Å². The molecule has 0 spiro atoms. The molecular weight excluding hydrogens is 412 g/mol. The Balaban J connectivity index is 1.68. The van der Waals surface area contributed by atoms with Crippen LogP contribution in [0.15, 0.2) is 52.3 Å². The molecule has 1 atom stereocenters. The van der Waals surface area contributed by atoms with Crippen molar-refractivity contribution in [2.24, 2.45) is 0 Å². The lowest BCUT2D eigenvalue weighted by Gasteiger charge is -2.23. The molecule has 3 rings (SSSR count). The van der Waals surface area contributed by atoms with E-state index in [4.69, 9.17) is 4.74 Å². The third-order valence-electron chi connectivity index (χ3n) is 4.48. The summed E-state index contributed by atoms with van der Waals surface area (Å²) in [6.07, 6.45) is 0.494. The number of hydrogen-bond donors (Lipinski definition) is 2. The molecule has 0 radical (unpaired) electrons. The summed E-state index contributed by atoms with van der Waals surface area (Å²) in [5, 5.41) is 5.25. The first kappa shape index (κ1) is 21.2. The summed E-state index contributed by atoms with van der Waals surface area (Å²) in [4.78, 5) is 25.2. The summed E-state index contributed by atoms with van der Waals surface area (Å²) in [5.74, 6) is -0.399. The lowest BCUT2D eigenvalue weighted by atomic mass is 10.2. The molecule has 0 bridgehead atoms. The van der Waals surface area contributed by atoms with Crippen molar-refractivity contribution in [3.63, 3.8) is 0 Å². The first-order valence-corrected chi connectivity index (χ1v) is 11.6. The molecule has 2 N–H and O–H groups in total. The number of amides is 2. The minimum Gasteiger partial charge on any atom is -0.495 e. The van der Waals surface area contributed by atoms with E-state index in [1.165, 1.54) is 31.0 Å². The van der Waals surface area contributed by atoms with Crippen molar-refractivity contribution in [3.05, 3.63) is 42.5 Å². The molecular formula is C20H22N2O5S2. The zero-order valence-electron chi connectivity index (χ0n) is 16.1. The van der Waals surface area contributed by atoms with Gasteiger partial charge in [-0.25, -0.2) is 8.42 Å². The number of hydrogen-bond acceptors (Lipinski definition) is 6. The van der Waals surface area contributed by atoms with Gasteiger partial charge in [0.2, 0.25) is 11.8 Å². The standard InChI is InChI=1S/C20H22N2O5S2/c1-3-17-20(24)22-15-12-13(8-9-18(15)28-17)29(25,26)11-10-19(23)21-14-6-4-5-7-16(14)27-2/h4-9,12,17H,3,10-11H2,1-2H3,(H,21,23)(H,22,24). The molecule has 154 valence electrons. The number of fused-ring (bicyclic) bond motifs is 1. The van der Waals surface area contributed by atoms with Crippen molar-refractivity contribution in [1.29, 1.82) is 0 Å². The molecule has 1 aliphatic heterocycles. The summed E-state index contributed by atoms with van der Waals surface area (Å²) < 4.78 is 30.5. The smallest absolute Gasteiger partial charge is 0.237 e. The number of benzene rings is 2. The fourth-order valence-corrected chi connectivity index (χ4v) is 5.18. The van der Waals surface area contributed by atoms with Gasteiger partial charge < -0.3 is 15.4 Å². The molecule has 1 heterocycles. The van der Waals surface area contributed by atoms with E-state index < -0.39 is 15.7 Å². The molecule has 1 aliphatic rings. The van der Waals surface area contributed by atoms with Gasteiger partial charge in [0, 0.05) is 11.3 Å². The molecule has 2 aromatic rings. The number of thioether (sulfide) groups is 1. The van der Waals surface area contributed by atoms with Crippen LogP contribution in [-0.2, 0) is 19.4 Å². The van der Waals surface area contributed by atoms with Gasteiger partial charge in [-0.3, -0.25) is 9.59 Å². The Kier molecular flexibility index (Phi) is 6.49. The molecule has 1 unspecified atom stereocenters. The lowest BCUT2D eigenvalue weighted by Crippen LogP contribution is -2.28. The van der Waals surface area contributed by atoms with Crippen LogP contribution in [0, 0.1) is 0 Å². The molecule has 0 aliphatic carbocycles. The average Bonchev–Trinajstić information content (AvgIpc) is 2.71. The molecule has 0 saturated carbocycles. The van der Waals surface area contributed by atoms with Gasteiger partial charge in [0.1, 0.15) is 5.75 Å². The van der Waals surface area contributed by atoms with Crippen LogP contribution < -0.4 is 15.4 Å². The van der Waals surface area contributed by atoms with Crippen LogP contribution in [0.3, 0.4) is 0 Å². The van der Waals surface area contributed by atoms with E-state index in [0.29, 0.717) is 23.5 Å². The Morgan fingerprint density at radius 2 is 2.00 bits per heavy atom. The maximum absolute atomic E-state index is 12.7. The lowest BCUT2D eigenvalue weighted by molar-refractivity contribution is -0.116. The number of carbonyl (C=O) groups excluding carboxylic acids is 2. The number of rotatable bonds is 7. The molecule has 9 heteroatoms. The SMILES string of the molecule is CCC1Sc2ccc(S(=O)(=O)CCC(=O)Nc3ccccc3OC)cc2NC1=O. The molecule has 7 nitrogen and oxygen atoms in total. The number of para-hydroxylation sites is 2. The Labute approximate surface area is 174 Å². The van der Waals surface area contributed by atoms with E-state index in [-0.39, 0.29) is 28.2 Å². The van der Waals surface area contributed by atoms with Crippen molar-refractivity contribution >= 4 is 44.8 Å². The molecule has 29 heavy (non-hydrogen) atoms. The fourth-order valence-electron chi connectivity index (χ4n) is 2.90. The summed E-state index contributed by atoms with van der Waals surface area (Å²) in [6.45, 7) is 1.93.